The molecule has 3 rings (SSSR count). The van der Waals surface area contributed by atoms with Gasteiger partial charge in [0, 0.05) is 17.2 Å². The molecule has 0 radical (unpaired) electrons. The average molecular weight is 258 g/mol. The highest BCUT2D eigenvalue weighted by atomic mass is 16.7. The Labute approximate surface area is 109 Å². The van der Waals surface area contributed by atoms with E-state index in [1.807, 2.05) is 0 Å². The van der Waals surface area contributed by atoms with Crippen molar-refractivity contribution < 1.29 is 23.8 Å². The number of carbonyl (C=O) groups excluding carboxylic acids is 2. The quantitative estimate of drug-likeness (QED) is 0.350. The molecule has 1 aromatic rings. The number of carbonyl (C=O) groups is 2. The van der Waals surface area contributed by atoms with Crippen molar-refractivity contribution in [1.29, 1.82) is 0 Å². The van der Waals surface area contributed by atoms with E-state index in [0.717, 1.165) is 0 Å². The minimum Gasteiger partial charge on any atom is -0.458 e. The van der Waals surface area contributed by atoms with E-state index in [9.17, 15) is 9.59 Å². The molecule has 0 N–H and O–H groups in total. The van der Waals surface area contributed by atoms with Crippen LogP contribution in [-0.4, -0.2) is 18.2 Å². The Morgan fingerprint density at radius 3 is 2.74 bits per heavy atom. The first kappa shape index (κ1) is 11.5. The zero-order chi connectivity index (χ0) is 13.4. The SMILES string of the molecule is CC1=C[C@H](O/C=C2/C(=O)Oc3ccccc32)OC1=O. The van der Waals surface area contributed by atoms with Gasteiger partial charge in [0.05, 0.1) is 0 Å². The molecule has 5 nitrogen and oxygen atoms in total. The van der Waals surface area contributed by atoms with E-state index in [4.69, 9.17) is 14.2 Å². The topological polar surface area (TPSA) is 61.8 Å². The van der Waals surface area contributed by atoms with Gasteiger partial charge < -0.3 is 14.2 Å². The molecule has 96 valence electrons. The van der Waals surface area contributed by atoms with Gasteiger partial charge in [-0.05, 0) is 13.0 Å². The van der Waals surface area contributed by atoms with Gasteiger partial charge in [-0.2, -0.15) is 0 Å². The molecule has 1 atom stereocenters. The predicted molar refractivity (Wildman–Crippen MR) is 64.8 cm³/mol. The zero-order valence-corrected chi connectivity index (χ0v) is 10.1. The summed E-state index contributed by atoms with van der Waals surface area (Å²) in [6, 6.07) is 7.04. The van der Waals surface area contributed by atoms with Crippen LogP contribution in [0.15, 0.2) is 42.2 Å². The van der Waals surface area contributed by atoms with Crippen molar-refractivity contribution >= 4 is 17.5 Å². The number of hydrogen-bond donors (Lipinski definition) is 0. The molecule has 2 heterocycles. The third-order valence-electron chi connectivity index (χ3n) is 2.85. The van der Waals surface area contributed by atoms with Crippen molar-refractivity contribution in [2.75, 3.05) is 0 Å². The van der Waals surface area contributed by atoms with Gasteiger partial charge in [0.25, 0.3) is 6.29 Å². The molecule has 0 bridgehead atoms. The van der Waals surface area contributed by atoms with E-state index in [0.29, 0.717) is 22.5 Å². The first-order chi connectivity index (χ1) is 9.15. The Kier molecular flexibility index (Phi) is 2.59. The minimum atomic E-state index is -0.791. The molecule has 19 heavy (non-hydrogen) atoms. The van der Waals surface area contributed by atoms with Crippen molar-refractivity contribution in [3.05, 3.63) is 47.7 Å². The summed E-state index contributed by atoms with van der Waals surface area (Å²) in [5, 5.41) is 0. The normalized spacial score (nSPS) is 22.9. The van der Waals surface area contributed by atoms with Gasteiger partial charge in [0.1, 0.15) is 17.6 Å². The third-order valence-corrected chi connectivity index (χ3v) is 2.85. The summed E-state index contributed by atoms with van der Waals surface area (Å²) in [4.78, 5) is 22.8. The van der Waals surface area contributed by atoms with Gasteiger partial charge in [-0.15, -0.1) is 0 Å². The van der Waals surface area contributed by atoms with Crippen LogP contribution < -0.4 is 4.74 Å². The molecule has 0 amide bonds. The first-order valence-electron chi connectivity index (χ1n) is 5.72. The van der Waals surface area contributed by atoms with Crippen molar-refractivity contribution in [2.24, 2.45) is 0 Å². The summed E-state index contributed by atoms with van der Waals surface area (Å²) in [5.74, 6) is -0.401. The van der Waals surface area contributed by atoms with Gasteiger partial charge in [0.2, 0.25) is 0 Å². The number of ether oxygens (including phenoxy) is 3. The summed E-state index contributed by atoms with van der Waals surface area (Å²) < 4.78 is 15.2. The highest BCUT2D eigenvalue weighted by molar-refractivity contribution is 6.21. The van der Waals surface area contributed by atoms with Crippen LogP contribution in [0.25, 0.3) is 5.57 Å². The van der Waals surface area contributed by atoms with Crippen molar-refractivity contribution in [2.45, 2.75) is 13.2 Å². The van der Waals surface area contributed by atoms with Crippen molar-refractivity contribution in [1.82, 2.24) is 0 Å². The Bertz CT molecular complexity index is 626. The van der Waals surface area contributed by atoms with Crippen molar-refractivity contribution in [3.8, 4) is 5.75 Å². The van der Waals surface area contributed by atoms with Gasteiger partial charge in [0.15, 0.2) is 0 Å². The summed E-state index contributed by atoms with van der Waals surface area (Å²) in [6.45, 7) is 1.64. The molecule has 0 spiro atoms. The lowest BCUT2D eigenvalue weighted by Gasteiger charge is -2.07. The summed E-state index contributed by atoms with van der Waals surface area (Å²) in [7, 11) is 0. The molecule has 5 heteroatoms. The van der Waals surface area contributed by atoms with Gasteiger partial charge in [-0.1, -0.05) is 18.2 Å². The molecule has 0 aliphatic carbocycles. The van der Waals surface area contributed by atoms with Crippen LogP contribution in [0.5, 0.6) is 5.75 Å². The fourth-order valence-corrected chi connectivity index (χ4v) is 1.86. The molecule has 0 aromatic heterocycles. The second-order valence-corrected chi connectivity index (χ2v) is 4.18. The fraction of sp³-hybridized carbons (Fsp3) is 0.143. The van der Waals surface area contributed by atoms with Crippen LogP contribution in [0.1, 0.15) is 12.5 Å². The van der Waals surface area contributed by atoms with E-state index in [-0.39, 0.29) is 0 Å². The van der Waals surface area contributed by atoms with Gasteiger partial charge in [-0.3, -0.25) is 0 Å². The summed E-state index contributed by atoms with van der Waals surface area (Å²) >= 11 is 0. The molecule has 2 aliphatic heterocycles. The molecular formula is C14H10O5. The first-order valence-corrected chi connectivity index (χ1v) is 5.72. The maximum atomic E-state index is 11.7. The second-order valence-electron chi connectivity index (χ2n) is 4.18. The van der Waals surface area contributed by atoms with E-state index >= 15 is 0 Å². The van der Waals surface area contributed by atoms with Crippen LogP contribution in [0.4, 0.5) is 0 Å². The number of esters is 2. The smallest absolute Gasteiger partial charge is 0.347 e. The Hall–Kier alpha value is -2.56. The number of para-hydroxylation sites is 1. The van der Waals surface area contributed by atoms with E-state index in [2.05, 4.69) is 0 Å². The number of cyclic esters (lactones) is 1. The zero-order valence-electron chi connectivity index (χ0n) is 10.1. The molecule has 0 fully saturated rings. The van der Waals surface area contributed by atoms with Crippen LogP contribution in [0, 0.1) is 0 Å². The van der Waals surface area contributed by atoms with E-state index < -0.39 is 18.2 Å². The standard InChI is InChI=1S/C14H10O5/c1-8-6-12(19-13(8)15)17-7-10-9-4-2-3-5-11(9)18-14(10)16/h2-7,12H,1H3/b10-7+/t12-/m1/s1. The summed E-state index contributed by atoms with van der Waals surface area (Å²) in [6.07, 6.45) is 2.02. The number of rotatable bonds is 2. The third kappa shape index (κ3) is 1.99. The van der Waals surface area contributed by atoms with E-state index in [1.54, 1.807) is 37.3 Å². The number of benzene rings is 1. The lowest BCUT2D eigenvalue weighted by atomic mass is 10.1. The minimum absolute atomic E-state index is 0.310. The Morgan fingerprint density at radius 1 is 1.21 bits per heavy atom. The molecule has 2 aliphatic rings. The molecular weight excluding hydrogens is 248 g/mol. The Balaban J connectivity index is 1.82. The van der Waals surface area contributed by atoms with Crippen LogP contribution in [0.3, 0.4) is 0 Å². The van der Waals surface area contributed by atoms with Gasteiger partial charge >= 0.3 is 11.9 Å². The van der Waals surface area contributed by atoms with Crippen LogP contribution in [-0.2, 0) is 19.1 Å². The monoisotopic (exact) mass is 258 g/mol. The number of fused-ring (bicyclic) bond motifs is 1. The fourth-order valence-electron chi connectivity index (χ4n) is 1.86. The highest BCUT2D eigenvalue weighted by Crippen LogP contribution is 2.33. The maximum absolute atomic E-state index is 11.7. The molecule has 1 aromatic carbocycles. The second kappa shape index (κ2) is 4.28. The van der Waals surface area contributed by atoms with E-state index in [1.165, 1.54) is 6.26 Å². The lowest BCUT2D eigenvalue weighted by molar-refractivity contribution is -0.152. The lowest BCUT2D eigenvalue weighted by Crippen LogP contribution is -2.10. The van der Waals surface area contributed by atoms with Crippen LogP contribution in [0.2, 0.25) is 0 Å². The van der Waals surface area contributed by atoms with Gasteiger partial charge in [-0.25, -0.2) is 9.59 Å². The largest absolute Gasteiger partial charge is 0.458 e. The molecule has 0 saturated carbocycles. The predicted octanol–water partition coefficient (Wildman–Crippen LogP) is 1.79. The average Bonchev–Trinajstić information content (AvgIpc) is 2.87. The Morgan fingerprint density at radius 2 is 2.00 bits per heavy atom. The molecule has 0 unspecified atom stereocenters. The maximum Gasteiger partial charge on any atom is 0.347 e. The molecule has 0 saturated heterocycles. The highest BCUT2D eigenvalue weighted by Gasteiger charge is 2.28. The van der Waals surface area contributed by atoms with Crippen molar-refractivity contribution in [3.63, 3.8) is 0 Å². The summed E-state index contributed by atoms with van der Waals surface area (Å²) in [5.41, 5.74) is 1.46. The number of hydrogen-bond acceptors (Lipinski definition) is 5. The van der Waals surface area contributed by atoms with Crippen LogP contribution >= 0.6 is 0 Å².